The van der Waals surface area contributed by atoms with Crippen LogP contribution in [0.4, 0.5) is 5.69 Å². The molecule has 0 aliphatic carbocycles. The van der Waals surface area contributed by atoms with Gasteiger partial charge in [0.1, 0.15) is 11.6 Å². The third-order valence-corrected chi connectivity index (χ3v) is 2.94. The van der Waals surface area contributed by atoms with Gasteiger partial charge in [-0.3, -0.25) is 10.1 Å². The van der Waals surface area contributed by atoms with E-state index in [0.717, 1.165) is 11.1 Å². The van der Waals surface area contributed by atoms with Crippen LogP contribution in [0.5, 0.6) is 11.6 Å². The van der Waals surface area contributed by atoms with Gasteiger partial charge in [0.25, 0.3) is 0 Å². The molecule has 0 unspecified atom stereocenters. The van der Waals surface area contributed by atoms with E-state index in [4.69, 9.17) is 4.74 Å². The van der Waals surface area contributed by atoms with Crippen molar-refractivity contribution in [3.8, 4) is 17.7 Å². The van der Waals surface area contributed by atoms with E-state index in [1.54, 1.807) is 39.0 Å². The number of hydrogen-bond donors (Lipinski definition) is 0. The molecule has 2 aromatic rings. The number of aryl methyl sites for hydroxylation is 3. The van der Waals surface area contributed by atoms with Crippen molar-refractivity contribution in [2.45, 2.75) is 20.8 Å². The molecule has 1 aromatic carbocycles. The van der Waals surface area contributed by atoms with E-state index in [1.165, 1.54) is 6.07 Å². The number of hydrogen-bond acceptors (Lipinski definition) is 5. The average molecular weight is 283 g/mol. The van der Waals surface area contributed by atoms with E-state index in [1.807, 2.05) is 6.07 Å². The summed E-state index contributed by atoms with van der Waals surface area (Å²) < 4.78 is 5.56. The lowest BCUT2D eigenvalue weighted by molar-refractivity contribution is -0.385. The van der Waals surface area contributed by atoms with Crippen LogP contribution in [-0.2, 0) is 0 Å². The molecule has 1 heterocycles. The number of nitro benzene ring substituents is 1. The van der Waals surface area contributed by atoms with E-state index >= 15 is 0 Å². The van der Waals surface area contributed by atoms with Crippen LogP contribution in [0.25, 0.3) is 0 Å². The van der Waals surface area contributed by atoms with Crippen molar-refractivity contribution in [2.24, 2.45) is 0 Å². The summed E-state index contributed by atoms with van der Waals surface area (Å²) in [5, 5.41) is 20.2. The number of nitrogens with zero attached hydrogens (tertiary/aromatic N) is 3. The largest absolute Gasteiger partial charge is 0.430 e. The third-order valence-electron chi connectivity index (χ3n) is 2.94. The number of ether oxygens (including phenoxy) is 1. The molecule has 21 heavy (non-hydrogen) atoms. The van der Waals surface area contributed by atoms with Gasteiger partial charge >= 0.3 is 5.69 Å². The summed E-state index contributed by atoms with van der Waals surface area (Å²) in [6.07, 6.45) is 0. The second kappa shape index (κ2) is 5.59. The van der Waals surface area contributed by atoms with Crippen LogP contribution >= 0.6 is 0 Å². The minimum atomic E-state index is -0.524. The molecule has 1 aromatic heterocycles. The molecule has 0 saturated carbocycles. The van der Waals surface area contributed by atoms with Crippen molar-refractivity contribution in [3.63, 3.8) is 0 Å². The monoisotopic (exact) mass is 283 g/mol. The lowest BCUT2D eigenvalue weighted by Gasteiger charge is -2.10. The summed E-state index contributed by atoms with van der Waals surface area (Å²) in [5.74, 6) is 0.165. The highest BCUT2D eigenvalue weighted by Crippen LogP contribution is 2.33. The first-order chi connectivity index (χ1) is 9.92. The number of nitro groups is 1. The molecule has 0 aliphatic rings. The lowest BCUT2D eigenvalue weighted by Crippen LogP contribution is -1.99. The van der Waals surface area contributed by atoms with E-state index in [2.05, 4.69) is 4.98 Å². The molecule has 0 radical (unpaired) electrons. The normalized spacial score (nSPS) is 10.0. The van der Waals surface area contributed by atoms with Crippen LogP contribution in [0, 0.1) is 42.2 Å². The van der Waals surface area contributed by atoms with E-state index in [-0.39, 0.29) is 22.9 Å². The third kappa shape index (κ3) is 2.98. The predicted molar refractivity (Wildman–Crippen MR) is 76.3 cm³/mol. The Balaban J connectivity index is 2.55. The van der Waals surface area contributed by atoms with Gasteiger partial charge in [0.2, 0.25) is 11.6 Å². The number of pyridine rings is 1. The van der Waals surface area contributed by atoms with Gasteiger partial charge in [0.15, 0.2) is 0 Å². The quantitative estimate of drug-likeness (QED) is 0.634. The van der Waals surface area contributed by atoms with Gasteiger partial charge < -0.3 is 4.74 Å². The fraction of sp³-hybridized carbons (Fsp3) is 0.200. The second-order valence-corrected chi connectivity index (χ2v) is 4.70. The molecule has 0 spiro atoms. The Morgan fingerprint density at radius 1 is 1.29 bits per heavy atom. The summed E-state index contributed by atoms with van der Waals surface area (Å²) in [4.78, 5) is 14.7. The summed E-state index contributed by atoms with van der Waals surface area (Å²) in [6.45, 7) is 5.34. The Morgan fingerprint density at radius 3 is 2.62 bits per heavy atom. The Morgan fingerprint density at radius 2 is 2.00 bits per heavy atom. The maximum absolute atomic E-state index is 11.1. The highest BCUT2D eigenvalue weighted by molar-refractivity contribution is 5.52. The van der Waals surface area contributed by atoms with Crippen LogP contribution in [0.3, 0.4) is 0 Å². The SMILES string of the molecule is Cc1ccc([N+](=O)[O-])c(Oc2nc(C)cc(C)c2C#N)c1. The smallest absolute Gasteiger partial charge is 0.311 e. The molecule has 2 rings (SSSR count). The van der Waals surface area contributed by atoms with E-state index in [9.17, 15) is 15.4 Å². The first-order valence-electron chi connectivity index (χ1n) is 6.23. The van der Waals surface area contributed by atoms with Gasteiger partial charge in [-0.2, -0.15) is 5.26 Å². The Bertz CT molecular complexity index is 763. The van der Waals surface area contributed by atoms with Crippen molar-refractivity contribution >= 4 is 5.69 Å². The van der Waals surface area contributed by atoms with Crippen LogP contribution in [0.15, 0.2) is 24.3 Å². The van der Waals surface area contributed by atoms with Gasteiger partial charge in [-0.05, 0) is 44.0 Å². The molecule has 0 amide bonds. The van der Waals surface area contributed by atoms with Crippen molar-refractivity contribution in [1.29, 1.82) is 5.26 Å². The fourth-order valence-electron chi connectivity index (χ4n) is 1.97. The highest BCUT2D eigenvalue weighted by atomic mass is 16.6. The van der Waals surface area contributed by atoms with Gasteiger partial charge in [0, 0.05) is 11.8 Å². The standard InChI is InChI=1S/C15H13N3O3/c1-9-4-5-13(18(19)20)14(6-9)21-15-12(8-16)10(2)7-11(3)17-15/h4-7H,1-3H3. The minimum absolute atomic E-state index is 0.0778. The van der Waals surface area contributed by atoms with Crippen LogP contribution in [-0.4, -0.2) is 9.91 Å². The molecule has 0 saturated heterocycles. The minimum Gasteiger partial charge on any atom is -0.430 e. The zero-order chi connectivity index (χ0) is 15.6. The average Bonchev–Trinajstić information content (AvgIpc) is 2.37. The lowest BCUT2D eigenvalue weighted by atomic mass is 10.1. The molecule has 0 fully saturated rings. The van der Waals surface area contributed by atoms with Crippen molar-refractivity contribution in [2.75, 3.05) is 0 Å². The topological polar surface area (TPSA) is 89.1 Å². The van der Waals surface area contributed by atoms with Crippen LogP contribution in [0.1, 0.15) is 22.4 Å². The fourth-order valence-corrected chi connectivity index (χ4v) is 1.97. The predicted octanol–water partition coefficient (Wildman–Crippen LogP) is 3.58. The van der Waals surface area contributed by atoms with E-state index < -0.39 is 4.92 Å². The molecular formula is C15H13N3O3. The molecule has 6 heteroatoms. The number of benzene rings is 1. The molecule has 0 N–H and O–H groups in total. The molecule has 106 valence electrons. The van der Waals surface area contributed by atoms with Crippen molar-refractivity contribution < 1.29 is 9.66 Å². The maximum atomic E-state index is 11.1. The summed E-state index contributed by atoms with van der Waals surface area (Å²) in [5.41, 5.74) is 2.33. The highest BCUT2D eigenvalue weighted by Gasteiger charge is 2.19. The van der Waals surface area contributed by atoms with Crippen LogP contribution in [0.2, 0.25) is 0 Å². The van der Waals surface area contributed by atoms with Crippen LogP contribution < -0.4 is 4.74 Å². The summed E-state index contributed by atoms with van der Waals surface area (Å²) in [6, 6.07) is 8.34. The molecule has 6 nitrogen and oxygen atoms in total. The molecule has 0 bridgehead atoms. The van der Waals surface area contributed by atoms with Gasteiger partial charge in [-0.25, -0.2) is 4.98 Å². The van der Waals surface area contributed by atoms with Crippen molar-refractivity contribution in [1.82, 2.24) is 4.98 Å². The maximum Gasteiger partial charge on any atom is 0.311 e. The first-order valence-corrected chi connectivity index (χ1v) is 6.23. The van der Waals surface area contributed by atoms with E-state index in [0.29, 0.717) is 5.69 Å². The Labute approximate surface area is 121 Å². The zero-order valence-corrected chi connectivity index (χ0v) is 11.9. The Kier molecular flexibility index (Phi) is 3.85. The molecular weight excluding hydrogens is 270 g/mol. The molecule has 0 atom stereocenters. The summed E-state index contributed by atoms with van der Waals surface area (Å²) >= 11 is 0. The Hall–Kier alpha value is -2.94. The number of nitriles is 1. The van der Waals surface area contributed by atoms with Crippen molar-refractivity contribution in [3.05, 3.63) is 56.8 Å². The second-order valence-electron chi connectivity index (χ2n) is 4.70. The molecule has 0 aliphatic heterocycles. The number of rotatable bonds is 3. The zero-order valence-electron chi connectivity index (χ0n) is 11.9. The summed E-state index contributed by atoms with van der Waals surface area (Å²) in [7, 11) is 0. The van der Waals surface area contributed by atoms with Gasteiger partial charge in [0.05, 0.1) is 4.92 Å². The van der Waals surface area contributed by atoms with Gasteiger partial charge in [-0.15, -0.1) is 0 Å². The number of aromatic nitrogens is 1. The van der Waals surface area contributed by atoms with Gasteiger partial charge in [-0.1, -0.05) is 6.07 Å². The first kappa shape index (κ1) is 14.5.